The summed E-state index contributed by atoms with van der Waals surface area (Å²) in [4.78, 5) is 16.8. The fourth-order valence-electron chi connectivity index (χ4n) is 3.16. The van der Waals surface area contributed by atoms with Crippen LogP contribution in [-0.2, 0) is 0 Å². The van der Waals surface area contributed by atoms with Crippen molar-refractivity contribution in [3.63, 3.8) is 0 Å². The van der Waals surface area contributed by atoms with Crippen molar-refractivity contribution >= 4 is 28.9 Å². The summed E-state index contributed by atoms with van der Waals surface area (Å²) in [6.45, 7) is 3.38. The first-order valence-electron chi connectivity index (χ1n) is 9.37. The van der Waals surface area contributed by atoms with Crippen molar-refractivity contribution in [2.24, 2.45) is 0 Å². The highest BCUT2D eigenvalue weighted by Gasteiger charge is 2.22. The Morgan fingerprint density at radius 3 is 2.32 bits per heavy atom. The molecule has 0 radical (unpaired) electrons. The Morgan fingerprint density at radius 1 is 1.11 bits per heavy atom. The van der Waals surface area contributed by atoms with Crippen molar-refractivity contribution in [2.75, 3.05) is 55.9 Å². The molecule has 0 aliphatic carbocycles. The molecular formula is C21H26ClN3O3. The van der Waals surface area contributed by atoms with E-state index in [1.165, 1.54) is 0 Å². The Morgan fingerprint density at radius 2 is 1.75 bits per heavy atom. The molecule has 0 aromatic heterocycles. The van der Waals surface area contributed by atoms with Crippen LogP contribution in [0.1, 0.15) is 10.4 Å². The normalized spacial score (nSPS) is 15.2. The van der Waals surface area contributed by atoms with Gasteiger partial charge in [0.1, 0.15) is 5.75 Å². The average Bonchev–Trinajstić information content (AvgIpc) is 2.77. The number of aliphatic hydroxyl groups is 1. The van der Waals surface area contributed by atoms with E-state index in [0.29, 0.717) is 25.2 Å². The minimum Gasteiger partial charge on any atom is -0.497 e. The Labute approximate surface area is 170 Å². The van der Waals surface area contributed by atoms with E-state index in [1.54, 1.807) is 19.2 Å². The first-order valence-corrected chi connectivity index (χ1v) is 9.90. The van der Waals surface area contributed by atoms with Gasteiger partial charge in [0.25, 0.3) is 5.91 Å². The second-order valence-corrected chi connectivity index (χ2v) is 7.05. The van der Waals surface area contributed by atoms with Gasteiger partial charge >= 0.3 is 0 Å². The van der Waals surface area contributed by atoms with Gasteiger partial charge in [-0.1, -0.05) is 0 Å². The van der Waals surface area contributed by atoms with Crippen molar-refractivity contribution in [3.05, 3.63) is 54.1 Å². The fraction of sp³-hybridized carbons (Fsp3) is 0.381. The first-order chi connectivity index (χ1) is 13.6. The zero-order valence-electron chi connectivity index (χ0n) is 16.0. The van der Waals surface area contributed by atoms with E-state index in [9.17, 15) is 9.90 Å². The van der Waals surface area contributed by atoms with Crippen molar-refractivity contribution in [1.82, 2.24) is 4.90 Å². The predicted octanol–water partition coefficient (Wildman–Crippen LogP) is 2.67. The van der Waals surface area contributed by atoms with Crippen LogP contribution in [0.2, 0.25) is 0 Å². The molecular weight excluding hydrogens is 378 g/mol. The van der Waals surface area contributed by atoms with Crippen molar-refractivity contribution < 1.29 is 14.6 Å². The van der Waals surface area contributed by atoms with Gasteiger partial charge in [0.2, 0.25) is 0 Å². The van der Waals surface area contributed by atoms with Gasteiger partial charge in [-0.05, 0) is 48.5 Å². The molecule has 0 spiro atoms. The van der Waals surface area contributed by atoms with E-state index in [1.807, 2.05) is 29.2 Å². The van der Waals surface area contributed by atoms with Gasteiger partial charge in [-0.15, -0.1) is 11.6 Å². The first kappa shape index (κ1) is 20.3. The van der Waals surface area contributed by atoms with Crippen LogP contribution in [0.3, 0.4) is 0 Å². The molecule has 1 aliphatic rings. The largest absolute Gasteiger partial charge is 0.497 e. The molecule has 2 aromatic carbocycles. The molecule has 1 saturated heterocycles. The topological polar surface area (TPSA) is 65.0 Å². The summed E-state index contributed by atoms with van der Waals surface area (Å²) in [6.07, 6.45) is -0.558. The molecule has 1 atom stereocenters. The molecule has 0 bridgehead atoms. The number of alkyl halides is 1. The molecule has 1 heterocycles. The maximum Gasteiger partial charge on any atom is 0.253 e. The van der Waals surface area contributed by atoms with E-state index in [-0.39, 0.29) is 11.8 Å². The standard InChI is InChI=1S/C21H26ClN3O3/c1-28-20-8-2-16(3-9-20)21(27)25-12-10-24(11-13-25)18-6-4-17(5-7-18)23-15-19(26)14-22/h2-9,19,23,26H,10-15H2,1H3. The van der Waals surface area contributed by atoms with E-state index < -0.39 is 6.10 Å². The summed E-state index contributed by atoms with van der Waals surface area (Å²) in [5.41, 5.74) is 2.75. The molecule has 7 heteroatoms. The molecule has 3 rings (SSSR count). The highest BCUT2D eigenvalue weighted by atomic mass is 35.5. The molecule has 6 nitrogen and oxygen atoms in total. The molecule has 1 amide bonds. The smallest absolute Gasteiger partial charge is 0.253 e. The second-order valence-electron chi connectivity index (χ2n) is 6.74. The Hall–Kier alpha value is -2.44. The monoisotopic (exact) mass is 403 g/mol. The lowest BCUT2D eigenvalue weighted by molar-refractivity contribution is 0.0746. The SMILES string of the molecule is COc1ccc(C(=O)N2CCN(c3ccc(NCC(O)CCl)cc3)CC2)cc1. The highest BCUT2D eigenvalue weighted by molar-refractivity contribution is 6.18. The number of amides is 1. The third kappa shape index (κ3) is 5.09. The minimum absolute atomic E-state index is 0.0553. The number of anilines is 2. The highest BCUT2D eigenvalue weighted by Crippen LogP contribution is 2.21. The van der Waals surface area contributed by atoms with E-state index >= 15 is 0 Å². The zero-order valence-corrected chi connectivity index (χ0v) is 16.7. The van der Waals surface area contributed by atoms with Gasteiger partial charge in [0, 0.05) is 49.7 Å². The number of aliphatic hydroxyl groups excluding tert-OH is 1. The second kappa shape index (κ2) is 9.66. The molecule has 0 saturated carbocycles. The number of methoxy groups -OCH3 is 1. The summed E-state index contributed by atoms with van der Waals surface area (Å²) >= 11 is 5.60. The van der Waals surface area contributed by atoms with Gasteiger partial charge in [0.15, 0.2) is 0 Å². The summed E-state index contributed by atoms with van der Waals surface area (Å²) in [7, 11) is 1.61. The quantitative estimate of drug-likeness (QED) is 0.696. The molecule has 1 unspecified atom stereocenters. The van der Waals surface area contributed by atoms with Gasteiger partial charge in [-0.2, -0.15) is 0 Å². The van der Waals surface area contributed by atoms with Crippen LogP contribution < -0.4 is 15.0 Å². The fourth-order valence-corrected chi connectivity index (χ4v) is 3.27. The molecule has 150 valence electrons. The molecule has 28 heavy (non-hydrogen) atoms. The molecule has 2 N–H and O–H groups in total. The van der Waals surface area contributed by atoms with Crippen molar-refractivity contribution in [1.29, 1.82) is 0 Å². The lowest BCUT2D eigenvalue weighted by atomic mass is 10.1. The lowest BCUT2D eigenvalue weighted by Crippen LogP contribution is -2.48. The van der Waals surface area contributed by atoms with Crippen LogP contribution in [0.5, 0.6) is 5.75 Å². The zero-order chi connectivity index (χ0) is 19.9. The van der Waals surface area contributed by atoms with Gasteiger partial charge in [0.05, 0.1) is 19.1 Å². The van der Waals surface area contributed by atoms with Crippen LogP contribution in [0.25, 0.3) is 0 Å². The summed E-state index contributed by atoms with van der Waals surface area (Å²) in [5.74, 6) is 1.01. The number of benzene rings is 2. The van der Waals surface area contributed by atoms with Crippen LogP contribution >= 0.6 is 11.6 Å². The van der Waals surface area contributed by atoms with Crippen LogP contribution in [0.4, 0.5) is 11.4 Å². The van der Waals surface area contributed by atoms with E-state index in [0.717, 1.165) is 30.2 Å². The molecule has 2 aromatic rings. The number of nitrogens with one attached hydrogen (secondary N) is 1. The number of ether oxygens (including phenoxy) is 1. The summed E-state index contributed by atoms with van der Waals surface area (Å²) in [5, 5.41) is 12.7. The van der Waals surface area contributed by atoms with Crippen LogP contribution in [-0.4, -0.2) is 67.7 Å². The van der Waals surface area contributed by atoms with E-state index in [4.69, 9.17) is 16.3 Å². The van der Waals surface area contributed by atoms with E-state index in [2.05, 4.69) is 22.3 Å². The number of piperazine rings is 1. The van der Waals surface area contributed by atoms with Gasteiger partial charge in [-0.25, -0.2) is 0 Å². The van der Waals surface area contributed by atoms with Gasteiger partial charge in [-0.3, -0.25) is 4.79 Å². The Bertz CT molecular complexity index is 759. The number of halogens is 1. The maximum absolute atomic E-state index is 12.7. The number of nitrogens with zero attached hydrogens (tertiary/aromatic N) is 2. The third-order valence-corrected chi connectivity index (χ3v) is 5.21. The molecule has 1 fully saturated rings. The number of carbonyl (C=O) groups excluding carboxylic acids is 1. The van der Waals surface area contributed by atoms with Crippen molar-refractivity contribution in [2.45, 2.75) is 6.10 Å². The maximum atomic E-state index is 12.7. The minimum atomic E-state index is -0.558. The molecule has 1 aliphatic heterocycles. The summed E-state index contributed by atoms with van der Waals surface area (Å²) < 4.78 is 5.14. The average molecular weight is 404 g/mol. The van der Waals surface area contributed by atoms with Crippen LogP contribution in [0, 0.1) is 0 Å². The summed E-state index contributed by atoms with van der Waals surface area (Å²) in [6, 6.07) is 15.3. The number of carbonyl (C=O) groups is 1. The predicted molar refractivity (Wildman–Crippen MR) is 113 cm³/mol. The lowest BCUT2D eigenvalue weighted by Gasteiger charge is -2.36. The number of hydrogen-bond acceptors (Lipinski definition) is 5. The van der Waals surface area contributed by atoms with Crippen LogP contribution in [0.15, 0.2) is 48.5 Å². The number of hydrogen-bond donors (Lipinski definition) is 2. The Balaban J connectivity index is 1.52. The van der Waals surface area contributed by atoms with Gasteiger partial charge < -0.3 is 25.0 Å². The third-order valence-electron chi connectivity index (χ3n) is 4.86. The Kier molecular flexibility index (Phi) is 7.01. The van der Waals surface area contributed by atoms with Crippen molar-refractivity contribution in [3.8, 4) is 5.75 Å². The number of rotatable bonds is 7.